The maximum absolute atomic E-state index is 3.55. The van der Waals surface area contributed by atoms with Gasteiger partial charge in [0.05, 0.1) is 0 Å². The van der Waals surface area contributed by atoms with Crippen molar-refractivity contribution in [1.82, 2.24) is 10.2 Å². The molecule has 1 saturated heterocycles. The van der Waals surface area contributed by atoms with Crippen molar-refractivity contribution in [2.75, 3.05) is 26.2 Å². The molecule has 1 fully saturated rings. The largest absolute Gasteiger partial charge is 0.315 e. The minimum absolute atomic E-state index is 0.771. The summed E-state index contributed by atoms with van der Waals surface area (Å²) in [5.74, 6) is 1.68. The van der Waals surface area contributed by atoms with Crippen molar-refractivity contribution in [3.63, 3.8) is 0 Å². The summed E-state index contributed by atoms with van der Waals surface area (Å²) < 4.78 is 0. The minimum atomic E-state index is 0.771. The van der Waals surface area contributed by atoms with Crippen molar-refractivity contribution >= 4 is 0 Å². The summed E-state index contributed by atoms with van der Waals surface area (Å²) in [6.07, 6.45) is 2.67. The number of hydrogen-bond acceptors (Lipinski definition) is 2. The topological polar surface area (TPSA) is 15.3 Å². The zero-order valence-corrected chi connectivity index (χ0v) is 10.9. The van der Waals surface area contributed by atoms with Crippen LogP contribution in [0.3, 0.4) is 0 Å². The fraction of sp³-hybridized carbons (Fsp3) is 1.00. The van der Waals surface area contributed by atoms with Gasteiger partial charge in [0.2, 0.25) is 0 Å². The van der Waals surface area contributed by atoms with Gasteiger partial charge < -0.3 is 5.32 Å². The third-order valence-electron chi connectivity index (χ3n) is 3.71. The summed E-state index contributed by atoms with van der Waals surface area (Å²) in [6, 6.07) is 0.771. The van der Waals surface area contributed by atoms with Gasteiger partial charge in [0, 0.05) is 19.1 Å². The highest BCUT2D eigenvalue weighted by molar-refractivity contribution is 4.81. The predicted molar refractivity (Wildman–Crippen MR) is 67.1 cm³/mol. The van der Waals surface area contributed by atoms with Gasteiger partial charge in [-0.15, -0.1) is 0 Å². The Morgan fingerprint density at radius 1 is 1.33 bits per heavy atom. The molecule has 2 heteroatoms. The number of nitrogens with zero attached hydrogens (tertiary/aromatic N) is 1. The quantitative estimate of drug-likeness (QED) is 0.752. The Morgan fingerprint density at radius 3 is 2.60 bits per heavy atom. The van der Waals surface area contributed by atoms with Gasteiger partial charge in [-0.25, -0.2) is 0 Å². The molecule has 0 bridgehead atoms. The van der Waals surface area contributed by atoms with Crippen LogP contribution in [0.5, 0.6) is 0 Å². The molecule has 1 aliphatic heterocycles. The molecule has 0 aromatic heterocycles. The second kappa shape index (κ2) is 6.49. The molecule has 0 amide bonds. The van der Waals surface area contributed by atoms with E-state index in [1.54, 1.807) is 0 Å². The van der Waals surface area contributed by atoms with Crippen LogP contribution in [-0.4, -0.2) is 37.1 Å². The van der Waals surface area contributed by atoms with E-state index >= 15 is 0 Å². The number of likely N-dealkylation sites (N-methyl/N-ethyl adjacent to an activating group) is 1. The average Bonchev–Trinajstić information content (AvgIpc) is 2.25. The normalized spacial score (nSPS) is 29.4. The third kappa shape index (κ3) is 4.12. The first-order valence-electron chi connectivity index (χ1n) is 6.62. The van der Waals surface area contributed by atoms with Crippen molar-refractivity contribution in [2.24, 2.45) is 11.8 Å². The lowest BCUT2D eigenvalue weighted by Gasteiger charge is -2.37. The highest BCUT2D eigenvalue weighted by Gasteiger charge is 2.23. The maximum atomic E-state index is 3.55. The van der Waals surface area contributed by atoms with Crippen molar-refractivity contribution in [1.29, 1.82) is 0 Å². The number of nitrogens with one attached hydrogen (secondary N) is 1. The Morgan fingerprint density at radius 2 is 2.07 bits per heavy atom. The first-order valence-corrected chi connectivity index (χ1v) is 6.62. The summed E-state index contributed by atoms with van der Waals surface area (Å²) >= 11 is 0. The lowest BCUT2D eigenvalue weighted by Crippen LogP contribution is -2.49. The van der Waals surface area contributed by atoms with Crippen LogP contribution in [-0.2, 0) is 0 Å². The SMILES string of the molecule is CCC(C)CN(CC)C1CNCC(C)C1. The van der Waals surface area contributed by atoms with Crippen LogP contribution in [0.25, 0.3) is 0 Å². The van der Waals surface area contributed by atoms with Gasteiger partial charge in [0.25, 0.3) is 0 Å². The third-order valence-corrected chi connectivity index (χ3v) is 3.71. The van der Waals surface area contributed by atoms with Crippen LogP contribution in [0.2, 0.25) is 0 Å². The van der Waals surface area contributed by atoms with E-state index in [9.17, 15) is 0 Å². The van der Waals surface area contributed by atoms with E-state index in [-0.39, 0.29) is 0 Å². The van der Waals surface area contributed by atoms with Crippen LogP contribution in [0.4, 0.5) is 0 Å². The Hall–Kier alpha value is -0.0800. The lowest BCUT2D eigenvalue weighted by atomic mass is 9.95. The second-order valence-electron chi connectivity index (χ2n) is 5.25. The van der Waals surface area contributed by atoms with Gasteiger partial charge in [0.1, 0.15) is 0 Å². The molecule has 90 valence electrons. The molecule has 0 aromatic rings. The van der Waals surface area contributed by atoms with E-state index in [0.29, 0.717) is 0 Å². The smallest absolute Gasteiger partial charge is 0.0223 e. The zero-order valence-electron chi connectivity index (χ0n) is 10.9. The highest BCUT2D eigenvalue weighted by atomic mass is 15.2. The molecule has 15 heavy (non-hydrogen) atoms. The van der Waals surface area contributed by atoms with Crippen LogP contribution in [0, 0.1) is 11.8 Å². The van der Waals surface area contributed by atoms with Crippen LogP contribution >= 0.6 is 0 Å². The molecule has 0 saturated carbocycles. The molecule has 1 heterocycles. The molecule has 0 radical (unpaired) electrons. The molecule has 1 rings (SSSR count). The minimum Gasteiger partial charge on any atom is -0.315 e. The molecule has 3 unspecified atom stereocenters. The molecule has 1 aliphatic rings. The molecular weight excluding hydrogens is 184 g/mol. The van der Waals surface area contributed by atoms with Crippen molar-refractivity contribution in [3.05, 3.63) is 0 Å². The zero-order chi connectivity index (χ0) is 11.3. The number of piperidine rings is 1. The van der Waals surface area contributed by atoms with Crippen LogP contribution in [0.15, 0.2) is 0 Å². The first kappa shape index (κ1) is 13.0. The molecule has 0 aromatic carbocycles. The Kier molecular flexibility index (Phi) is 5.62. The van der Waals surface area contributed by atoms with Crippen LogP contribution in [0.1, 0.15) is 40.5 Å². The van der Waals surface area contributed by atoms with Gasteiger partial charge in [0.15, 0.2) is 0 Å². The predicted octanol–water partition coefficient (Wildman–Crippen LogP) is 2.35. The standard InChI is InChI=1S/C13H28N2/c1-5-11(3)10-15(6-2)13-7-12(4)8-14-9-13/h11-14H,5-10H2,1-4H3. The molecular formula is C13H28N2. The number of hydrogen-bond donors (Lipinski definition) is 1. The first-order chi connectivity index (χ1) is 7.17. The average molecular weight is 212 g/mol. The molecule has 0 spiro atoms. The fourth-order valence-electron chi connectivity index (χ4n) is 2.47. The van der Waals surface area contributed by atoms with Crippen molar-refractivity contribution in [3.8, 4) is 0 Å². The fourth-order valence-corrected chi connectivity index (χ4v) is 2.47. The summed E-state index contributed by atoms with van der Waals surface area (Å²) in [4.78, 5) is 2.66. The highest BCUT2D eigenvalue weighted by Crippen LogP contribution is 2.17. The molecule has 1 N–H and O–H groups in total. The van der Waals surface area contributed by atoms with Gasteiger partial charge in [-0.05, 0) is 31.3 Å². The molecule has 2 nitrogen and oxygen atoms in total. The van der Waals surface area contributed by atoms with E-state index in [1.165, 1.54) is 39.0 Å². The van der Waals surface area contributed by atoms with E-state index < -0.39 is 0 Å². The van der Waals surface area contributed by atoms with Crippen LogP contribution < -0.4 is 5.32 Å². The molecule has 0 aliphatic carbocycles. The van der Waals surface area contributed by atoms with Gasteiger partial charge >= 0.3 is 0 Å². The Bertz CT molecular complexity index is 170. The van der Waals surface area contributed by atoms with Gasteiger partial charge in [-0.1, -0.05) is 34.1 Å². The summed E-state index contributed by atoms with van der Waals surface area (Å²) in [7, 11) is 0. The summed E-state index contributed by atoms with van der Waals surface area (Å²) in [5.41, 5.74) is 0. The molecule has 3 atom stereocenters. The van der Waals surface area contributed by atoms with E-state index in [2.05, 4.69) is 37.9 Å². The Balaban J connectivity index is 2.42. The Labute approximate surface area is 95.4 Å². The summed E-state index contributed by atoms with van der Waals surface area (Å²) in [5, 5.41) is 3.55. The summed E-state index contributed by atoms with van der Waals surface area (Å²) in [6.45, 7) is 14.2. The monoisotopic (exact) mass is 212 g/mol. The van der Waals surface area contributed by atoms with Gasteiger partial charge in [-0.3, -0.25) is 4.90 Å². The number of rotatable bonds is 5. The van der Waals surface area contributed by atoms with E-state index in [1.807, 2.05) is 0 Å². The van der Waals surface area contributed by atoms with Crippen molar-refractivity contribution in [2.45, 2.75) is 46.6 Å². The van der Waals surface area contributed by atoms with E-state index in [4.69, 9.17) is 0 Å². The lowest BCUT2D eigenvalue weighted by molar-refractivity contribution is 0.133. The van der Waals surface area contributed by atoms with E-state index in [0.717, 1.165) is 17.9 Å². The van der Waals surface area contributed by atoms with Gasteiger partial charge in [-0.2, -0.15) is 0 Å². The maximum Gasteiger partial charge on any atom is 0.0223 e. The van der Waals surface area contributed by atoms with Crippen molar-refractivity contribution < 1.29 is 0 Å². The second-order valence-corrected chi connectivity index (χ2v) is 5.25.